The Morgan fingerprint density at radius 1 is 1.21 bits per heavy atom. The third-order valence-corrected chi connectivity index (χ3v) is 6.49. The Hall–Kier alpha value is -3.17. The summed E-state index contributed by atoms with van der Waals surface area (Å²) >= 11 is 0. The number of rotatable bonds is 4. The normalized spacial score (nSPS) is 19.3. The van der Waals surface area contributed by atoms with Crippen LogP contribution < -0.4 is 4.90 Å². The quantitative estimate of drug-likeness (QED) is 0.489. The molecule has 0 bridgehead atoms. The van der Waals surface area contributed by atoms with E-state index in [1.165, 1.54) is 16.6 Å². The Kier molecular flexibility index (Phi) is 5.81. The molecular formula is C24H26F4N4O2. The van der Waals surface area contributed by atoms with Gasteiger partial charge in [-0.05, 0) is 44.7 Å². The molecule has 0 radical (unpaired) electrons. The number of nitrogens with zero attached hydrogens (tertiary/aromatic N) is 4. The highest BCUT2D eigenvalue weighted by Gasteiger charge is 2.40. The molecule has 1 fully saturated rings. The predicted molar refractivity (Wildman–Crippen MR) is 119 cm³/mol. The lowest BCUT2D eigenvalue weighted by Gasteiger charge is -2.40. The summed E-state index contributed by atoms with van der Waals surface area (Å²) in [4.78, 5) is 18.3. The fraction of sp³-hybridized carbons (Fsp3) is 0.458. The van der Waals surface area contributed by atoms with Crippen molar-refractivity contribution in [2.75, 3.05) is 18.0 Å². The largest absolute Gasteiger partial charge is 0.481 e. The lowest BCUT2D eigenvalue weighted by molar-refractivity contribution is -0.148. The van der Waals surface area contributed by atoms with E-state index in [4.69, 9.17) is 0 Å². The molecule has 1 aliphatic heterocycles. The van der Waals surface area contributed by atoms with E-state index in [9.17, 15) is 23.1 Å². The first-order valence-corrected chi connectivity index (χ1v) is 11.1. The molecule has 0 aliphatic carbocycles. The molecule has 0 saturated carbocycles. The molecule has 182 valence electrons. The highest BCUT2D eigenvalue weighted by molar-refractivity contribution is 5.76. The minimum absolute atomic E-state index is 0.00769. The number of aliphatic carboxylic acids is 1. The first-order valence-electron chi connectivity index (χ1n) is 11.1. The van der Waals surface area contributed by atoms with E-state index in [1.54, 1.807) is 13.8 Å². The van der Waals surface area contributed by atoms with Crippen molar-refractivity contribution in [1.82, 2.24) is 14.6 Å². The van der Waals surface area contributed by atoms with Crippen LogP contribution in [0, 0.1) is 18.2 Å². The van der Waals surface area contributed by atoms with Crippen LogP contribution >= 0.6 is 0 Å². The van der Waals surface area contributed by atoms with Crippen molar-refractivity contribution >= 4 is 17.4 Å². The van der Waals surface area contributed by atoms with E-state index in [-0.39, 0.29) is 29.4 Å². The molecule has 1 atom stereocenters. The zero-order valence-corrected chi connectivity index (χ0v) is 19.4. The molecule has 0 amide bonds. The molecule has 1 saturated heterocycles. The van der Waals surface area contributed by atoms with Gasteiger partial charge in [0, 0.05) is 29.9 Å². The summed E-state index contributed by atoms with van der Waals surface area (Å²) in [7, 11) is 0. The van der Waals surface area contributed by atoms with E-state index in [2.05, 4.69) is 10.1 Å². The summed E-state index contributed by atoms with van der Waals surface area (Å²) in [5.41, 5.74) is -0.354. The Balaban J connectivity index is 1.91. The zero-order valence-electron chi connectivity index (χ0n) is 19.4. The number of carbonyl (C=O) groups is 1. The molecule has 6 nitrogen and oxygen atoms in total. The van der Waals surface area contributed by atoms with Gasteiger partial charge in [0.25, 0.3) is 0 Å². The SMILES string of the molecule is Cc1nc2c(F)c(-c3ccc(C(F)(F)F)cc3)nn2c(N2CCCC(C)(C(=O)O)C2)c1C(C)C. The summed E-state index contributed by atoms with van der Waals surface area (Å²) in [5.74, 6) is -1.08. The number of aromatic nitrogens is 3. The second kappa shape index (κ2) is 8.25. The van der Waals surface area contributed by atoms with Crippen LogP contribution in [0.2, 0.25) is 0 Å². The number of piperidine rings is 1. The molecule has 10 heteroatoms. The molecule has 4 rings (SSSR count). The van der Waals surface area contributed by atoms with E-state index in [1.807, 2.05) is 18.7 Å². The average molecular weight is 478 g/mol. The van der Waals surface area contributed by atoms with Crippen LogP contribution in [-0.4, -0.2) is 38.8 Å². The van der Waals surface area contributed by atoms with Gasteiger partial charge in [-0.25, -0.2) is 9.37 Å². The Morgan fingerprint density at radius 2 is 1.85 bits per heavy atom. The average Bonchev–Trinajstić information content (AvgIpc) is 3.08. The van der Waals surface area contributed by atoms with Crippen molar-refractivity contribution < 1.29 is 27.5 Å². The number of anilines is 1. The molecule has 1 unspecified atom stereocenters. The first kappa shape index (κ1) is 24.0. The van der Waals surface area contributed by atoms with Crippen LogP contribution in [0.1, 0.15) is 56.4 Å². The van der Waals surface area contributed by atoms with Gasteiger partial charge >= 0.3 is 12.1 Å². The van der Waals surface area contributed by atoms with Gasteiger partial charge < -0.3 is 10.0 Å². The summed E-state index contributed by atoms with van der Waals surface area (Å²) in [6, 6.07) is 4.15. The monoisotopic (exact) mass is 478 g/mol. The van der Waals surface area contributed by atoms with Gasteiger partial charge in [0.2, 0.25) is 0 Å². The van der Waals surface area contributed by atoms with Gasteiger partial charge in [-0.2, -0.15) is 22.8 Å². The lowest BCUT2D eigenvalue weighted by Crippen LogP contribution is -2.47. The van der Waals surface area contributed by atoms with Crippen LogP contribution in [0.5, 0.6) is 0 Å². The Bertz CT molecular complexity index is 1250. The number of hydrogen-bond acceptors (Lipinski definition) is 4. The minimum Gasteiger partial charge on any atom is -0.481 e. The molecule has 2 aromatic heterocycles. The van der Waals surface area contributed by atoms with E-state index < -0.39 is 28.9 Å². The van der Waals surface area contributed by atoms with Crippen molar-refractivity contribution in [1.29, 1.82) is 0 Å². The van der Waals surface area contributed by atoms with E-state index in [0.717, 1.165) is 17.7 Å². The van der Waals surface area contributed by atoms with E-state index >= 15 is 4.39 Å². The number of hydrogen-bond donors (Lipinski definition) is 1. The molecule has 1 N–H and O–H groups in total. The lowest BCUT2D eigenvalue weighted by atomic mass is 9.81. The van der Waals surface area contributed by atoms with Crippen LogP contribution in [0.3, 0.4) is 0 Å². The molecule has 34 heavy (non-hydrogen) atoms. The highest BCUT2D eigenvalue weighted by atomic mass is 19.4. The third kappa shape index (κ3) is 3.99. The van der Waals surface area contributed by atoms with Crippen LogP contribution in [-0.2, 0) is 11.0 Å². The van der Waals surface area contributed by atoms with Crippen molar-refractivity contribution in [3.63, 3.8) is 0 Å². The number of carboxylic acids is 1. The first-order chi connectivity index (χ1) is 15.8. The maximum Gasteiger partial charge on any atom is 0.416 e. The summed E-state index contributed by atoms with van der Waals surface area (Å²) in [6.45, 7) is 8.19. The van der Waals surface area contributed by atoms with Crippen molar-refractivity contribution in [2.45, 2.75) is 52.6 Å². The molecule has 3 heterocycles. The van der Waals surface area contributed by atoms with Crippen LogP contribution in [0.4, 0.5) is 23.4 Å². The second-order valence-corrected chi connectivity index (χ2v) is 9.45. The Labute approximate surface area is 194 Å². The number of halogens is 4. The molecular weight excluding hydrogens is 452 g/mol. The van der Waals surface area contributed by atoms with E-state index in [0.29, 0.717) is 30.9 Å². The summed E-state index contributed by atoms with van der Waals surface area (Å²) in [5, 5.41) is 14.2. The third-order valence-electron chi connectivity index (χ3n) is 6.49. The second-order valence-electron chi connectivity index (χ2n) is 9.45. The fourth-order valence-electron chi connectivity index (χ4n) is 4.71. The van der Waals surface area contributed by atoms with Gasteiger partial charge in [-0.1, -0.05) is 26.0 Å². The smallest absolute Gasteiger partial charge is 0.416 e. The Morgan fingerprint density at radius 3 is 2.41 bits per heavy atom. The highest BCUT2D eigenvalue weighted by Crippen LogP contribution is 2.39. The standard InChI is InChI=1S/C24H26F4N4O2/c1-13(2)17-14(3)29-20-18(25)19(15-6-8-16(9-7-15)24(26,27)28)30-32(20)21(17)31-11-5-10-23(4,12-31)22(33)34/h6-9,13H,5,10-12H2,1-4H3,(H,33,34). The van der Waals surface area contributed by atoms with Gasteiger partial charge in [0.1, 0.15) is 11.5 Å². The molecule has 1 aliphatic rings. The number of benzene rings is 1. The summed E-state index contributed by atoms with van der Waals surface area (Å²) in [6.07, 6.45) is -3.34. The van der Waals surface area contributed by atoms with Gasteiger partial charge in [0.15, 0.2) is 11.5 Å². The number of carboxylic acid groups (broad SMARTS) is 1. The van der Waals surface area contributed by atoms with Gasteiger partial charge in [0.05, 0.1) is 11.0 Å². The number of aryl methyl sites for hydroxylation is 1. The molecule has 1 aromatic carbocycles. The van der Waals surface area contributed by atoms with Gasteiger partial charge in [-0.3, -0.25) is 4.79 Å². The fourth-order valence-corrected chi connectivity index (χ4v) is 4.71. The van der Waals surface area contributed by atoms with Gasteiger partial charge in [-0.15, -0.1) is 0 Å². The number of fused-ring (bicyclic) bond motifs is 1. The molecule has 0 spiro atoms. The summed E-state index contributed by atoms with van der Waals surface area (Å²) < 4.78 is 55.8. The zero-order chi connectivity index (χ0) is 25.0. The van der Waals surface area contributed by atoms with Crippen molar-refractivity contribution in [3.8, 4) is 11.3 Å². The van der Waals surface area contributed by atoms with Crippen LogP contribution in [0.15, 0.2) is 24.3 Å². The topological polar surface area (TPSA) is 70.7 Å². The van der Waals surface area contributed by atoms with Crippen molar-refractivity contribution in [3.05, 3.63) is 46.9 Å². The van der Waals surface area contributed by atoms with Crippen molar-refractivity contribution in [2.24, 2.45) is 5.41 Å². The minimum atomic E-state index is -4.50. The van der Waals surface area contributed by atoms with Crippen LogP contribution in [0.25, 0.3) is 16.9 Å². The maximum absolute atomic E-state index is 15.5. The predicted octanol–water partition coefficient (Wildman–Crippen LogP) is 5.68. The molecule has 3 aromatic rings. The number of alkyl halides is 3. The maximum atomic E-state index is 15.5.